The Morgan fingerprint density at radius 3 is 1.54 bits per heavy atom. The monoisotopic (exact) mass is 1100 g/mol. The van der Waals surface area contributed by atoms with Crippen LogP contribution in [0.3, 0.4) is 0 Å². The Balaban J connectivity index is 0.000000208. The van der Waals surface area contributed by atoms with E-state index < -0.39 is 11.6 Å². The van der Waals surface area contributed by atoms with E-state index in [1.54, 1.807) is 55.8 Å². The molecule has 0 radical (unpaired) electrons. The summed E-state index contributed by atoms with van der Waals surface area (Å²) in [5, 5.41) is 24.5. The van der Waals surface area contributed by atoms with Crippen molar-refractivity contribution in [3.63, 3.8) is 0 Å². The summed E-state index contributed by atoms with van der Waals surface area (Å²) in [6.07, 6.45) is 13.5. The number of benzene rings is 4. The van der Waals surface area contributed by atoms with Crippen molar-refractivity contribution < 1.29 is 28.0 Å². The first-order chi connectivity index (χ1) is 37.7. The number of unbranched alkanes of at least 4 members (excludes halogenated alkanes) is 3. The predicted octanol–water partition coefficient (Wildman–Crippen LogP) is 10.3. The highest BCUT2D eigenvalue weighted by molar-refractivity contribution is 6.09. The molecule has 0 bridgehead atoms. The molecule has 2 fully saturated rings. The normalized spacial score (nSPS) is 15.3. The van der Waals surface area contributed by atoms with Crippen LogP contribution in [0.25, 0.3) is 0 Å². The van der Waals surface area contributed by atoms with Gasteiger partial charge in [0.15, 0.2) is 0 Å². The summed E-state index contributed by atoms with van der Waals surface area (Å²) in [4.78, 5) is 58.1. The molecule has 2 aromatic heterocycles. The Bertz CT molecular complexity index is 3130. The second kappa shape index (κ2) is 26.7. The van der Waals surface area contributed by atoms with E-state index in [1.165, 1.54) is 37.8 Å². The number of rotatable bonds is 15. The summed E-state index contributed by atoms with van der Waals surface area (Å²) >= 11 is 0. The first kappa shape index (κ1) is 58.0. The Kier molecular flexibility index (Phi) is 19.6. The van der Waals surface area contributed by atoms with Crippen molar-refractivity contribution in [2.45, 2.75) is 111 Å². The van der Waals surface area contributed by atoms with Crippen molar-refractivity contribution in [2.24, 2.45) is 25.9 Å². The van der Waals surface area contributed by atoms with Crippen LogP contribution in [0.15, 0.2) is 85.2 Å². The van der Waals surface area contributed by atoms with Crippen LogP contribution in [0.1, 0.15) is 125 Å². The maximum absolute atomic E-state index is 15.2. The zero-order chi connectivity index (χ0) is 54.9. The molecule has 0 atom stereocenters. The molecule has 16 nitrogen and oxygen atoms in total. The average molecular weight is 1100 g/mol. The zero-order valence-electron chi connectivity index (χ0n) is 46.1. The number of aryl methyl sites for hydroxylation is 4. The average Bonchev–Trinajstić information content (AvgIpc) is 3.90. The third kappa shape index (κ3) is 14.4. The van der Waals surface area contributed by atoms with E-state index in [2.05, 4.69) is 48.6 Å². The fourth-order valence-corrected chi connectivity index (χ4v) is 10.9. The molecule has 0 saturated carbocycles. The van der Waals surface area contributed by atoms with Crippen molar-refractivity contribution in [3.8, 4) is 0 Å². The van der Waals surface area contributed by atoms with E-state index in [0.29, 0.717) is 48.9 Å². The minimum absolute atomic E-state index is 0. The molecular formula is C60H75ClF2N12O4. The van der Waals surface area contributed by atoms with Crippen LogP contribution in [-0.2, 0) is 49.9 Å². The molecule has 4 amide bonds. The lowest BCUT2D eigenvalue weighted by molar-refractivity contribution is -0.123. The number of carbonyl (C=O) groups excluding carboxylic acids is 4. The molecule has 0 unspecified atom stereocenters. The van der Waals surface area contributed by atoms with E-state index in [-0.39, 0.29) is 60.3 Å². The smallest absolute Gasteiger partial charge is 0.258 e. The number of carbonyl (C=O) groups is 4. The molecule has 4 aliphatic heterocycles. The first-order valence-electron chi connectivity index (χ1n) is 27.6. The number of nitrogens with zero attached hydrogens (tertiary/aromatic N) is 7. The molecule has 420 valence electrons. The topological polar surface area (TPSA) is 174 Å². The Morgan fingerprint density at radius 2 is 1.09 bits per heavy atom. The van der Waals surface area contributed by atoms with Crippen molar-refractivity contribution in [2.75, 3.05) is 53.2 Å². The standard InChI is InChI=1S/C33H43FN6O2.C27H31FN6O2.ClH/c1-4-5-6-7-14-39-15-12-24(13-16-39)18-31(41)35-20-26-10-9-25(19-28(26)34)33(42)40-22-27-21-36-38(3)32(27)37-29-17-23(2)8-11-30(29)40;1-17-3-6-24-23(11-17)32-26-21(15-31-33(26)2)16-34(24)27(36)19-4-5-20(22(28)13-19)14-30-25(35)12-18-7-9-29-10-8-18;/h8-11,17,19,21,24,37H,4-7,12-16,18,20,22H2,1-3H3,(H,35,41);3-6,11,13,15,18,29,32H,7-10,12,14,16H2,1-2H3,(H,30,35);1H. The third-order valence-corrected chi connectivity index (χ3v) is 15.6. The van der Waals surface area contributed by atoms with Crippen LogP contribution in [0.4, 0.5) is 43.2 Å². The van der Waals surface area contributed by atoms with Crippen LogP contribution < -0.4 is 36.4 Å². The van der Waals surface area contributed by atoms with E-state index in [4.69, 9.17) is 0 Å². The summed E-state index contributed by atoms with van der Waals surface area (Å²) in [6.45, 7) is 12.1. The number of nitrogens with one attached hydrogen (secondary N) is 5. The maximum atomic E-state index is 15.2. The molecule has 4 aromatic carbocycles. The van der Waals surface area contributed by atoms with Gasteiger partial charge in [-0.05, 0) is 150 Å². The van der Waals surface area contributed by atoms with Gasteiger partial charge < -0.3 is 41.3 Å². The largest absolute Gasteiger partial charge is 0.352 e. The van der Waals surface area contributed by atoms with E-state index in [9.17, 15) is 19.2 Å². The van der Waals surface area contributed by atoms with Crippen LogP contribution in [0.5, 0.6) is 0 Å². The van der Waals surface area contributed by atoms with E-state index in [0.717, 1.165) is 115 Å². The molecule has 79 heavy (non-hydrogen) atoms. The molecule has 2 saturated heterocycles. The van der Waals surface area contributed by atoms with Gasteiger partial charge in [0.1, 0.15) is 23.3 Å². The van der Waals surface area contributed by atoms with Crippen LogP contribution >= 0.6 is 12.4 Å². The number of aromatic nitrogens is 4. The lowest BCUT2D eigenvalue weighted by atomic mass is 9.93. The summed E-state index contributed by atoms with van der Waals surface area (Å²) in [5.41, 5.74) is 8.10. The molecule has 0 aliphatic carbocycles. The number of hydrogen-bond donors (Lipinski definition) is 5. The highest BCUT2D eigenvalue weighted by atomic mass is 35.5. The zero-order valence-corrected chi connectivity index (χ0v) is 46.9. The van der Waals surface area contributed by atoms with Crippen LogP contribution in [0, 0.1) is 37.3 Å². The number of piperidine rings is 2. The number of fused-ring (bicyclic) bond motifs is 4. The lowest BCUT2D eigenvalue weighted by Gasteiger charge is -2.31. The summed E-state index contributed by atoms with van der Waals surface area (Å²) < 4.78 is 33.7. The summed E-state index contributed by atoms with van der Waals surface area (Å²) in [5.74, 6) is 0.636. The van der Waals surface area contributed by atoms with Gasteiger partial charge in [0, 0.05) is 73.4 Å². The molecule has 10 rings (SSSR count). The minimum Gasteiger partial charge on any atom is -0.352 e. The van der Waals surface area contributed by atoms with Gasteiger partial charge in [0.2, 0.25) is 11.8 Å². The molecule has 4 aliphatic rings. The second-order valence-electron chi connectivity index (χ2n) is 21.5. The van der Waals surface area contributed by atoms with Gasteiger partial charge >= 0.3 is 0 Å². The molecule has 6 heterocycles. The SMILES string of the molecule is CCCCCCN1CCC(CC(=O)NCc2ccc(C(=O)N3Cc4cnn(C)c4Nc4cc(C)ccc43)cc2F)CC1.Cc1ccc2c(c1)Nc1c(cnn1C)CN2C(=O)c1ccc(CNC(=O)CC2CCNCC2)c(F)c1.Cl. The maximum Gasteiger partial charge on any atom is 0.258 e. The van der Waals surface area contributed by atoms with Gasteiger partial charge in [-0.1, -0.05) is 50.5 Å². The highest BCUT2D eigenvalue weighted by Crippen LogP contribution is 2.39. The highest BCUT2D eigenvalue weighted by Gasteiger charge is 2.30. The van der Waals surface area contributed by atoms with Gasteiger partial charge in [-0.2, -0.15) is 10.2 Å². The molecule has 6 aromatic rings. The number of likely N-dealkylation sites (tertiary alicyclic amines) is 1. The van der Waals surface area contributed by atoms with Gasteiger partial charge in [0.25, 0.3) is 11.8 Å². The lowest BCUT2D eigenvalue weighted by Crippen LogP contribution is -2.36. The summed E-state index contributed by atoms with van der Waals surface area (Å²) in [6, 6.07) is 20.7. The number of amides is 4. The van der Waals surface area contributed by atoms with Crippen molar-refractivity contribution in [1.29, 1.82) is 0 Å². The van der Waals surface area contributed by atoms with Crippen molar-refractivity contribution in [1.82, 2.24) is 40.4 Å². The van der Waals surface area contributed by atoms with Crippen molar-refractivity contribution >= 4 is 70.4 Å². The van der Waals surface area contributed by atoms with Gasteiger partial charge in [-0.25, -0.2) is 8.78 Å². The fourth-order valence-electron chi connectivity index (χ4n) is 10.9. The molecule has 5 N–H and O–H groups in total. The fraction of sp³-hybridized carbons (Fsp3) is 0.433. The predicted molar refractivity (Wildman–Crippen MR) is 308 cm³/mol. The minimum atomic E-state index is -0.512. The van der Waals surface area contributed by atoms with Gasteiger partial charge in [-0.3, -0.25) is 28.5 Å². The molecule has 19 heteroatoms. The Hall–Kier alpha value is -7.15. The summed E-state index contributed by atoms with van der Waals surface area (Å²) in [7, 11) is 3.70. The van der Waals surface area contributed by atoms with Gasteiger partial charge in [-0.15, -0.1) is 12.4 Å². The Labute approximate surface area is 468 Å². The van der Waals surface area contributed by atoms with Crippen LogP contribution in [0.2, 0.25) is 0 Å². The number of anilines is 6. The molecular weight excluding hydrogens is 1030 g/mol. The van der Waals surface area contributed by atoms with Crippen LogP contribution in [-0.4, -0.2) is 80.8 Å². The quantitative estimate of drug-likeness (QED) is 0.0623. The number of hydrogen-bond acceptors (Lipinski definition) is 10. The van der Waals surface area contributed by atoms with E-state index in [1.807, 2.05) is 64.3 Å². The third-order valence-electron chi connectivity index (χ3n) is 15.6. The molecule has 0 spiro atoms. The van der Waals surface area contributed by atoms with Crippen molar-refractivity contribution in [3.05, 3.63) is 141 Å². The second-order valence-corrected chi connectivity index (χ2v) is 21.5. The first-order valence-corrected chi connectivity index (χ1v) is 27.6. The van der Waals surface area contributed by atoms with Gasteiger partial charge in [0.05, 0.1) is 48.2 Å². The van der Waals surface area contributed by atoms with E-state index >= 15 is 8.78 Å². The number of halogens is 3. The Morgan fingerprint density at radius 1 is 0.620 bits per heavy atom.